The standard InChI is InChI=1S/C18H26N2O2S/c1-2-8-20-9-6-17-14(12-20)11-15(13-22-17)18(21)19-7-5-16-4-3-10-23-16/h2-4,10,14-15,17H,1,5-9,11-13H2,(H,19,21)/t14-,15-,17+/m0/s1. The zero-order valence-electron chi connectivity index (χ0n) is 13.6. The Bertz CT molecular complexity index is 517. The Kier molecular flexibility index (Phi) is 5.86. The molecule has 1 amide bonds. The number of fused-ring (bicyclic) bond motifs is 1. The average Bonchev–Trinajstić information content (AvgIpc) is 3.08. The van der Waals surface area contributed by atoms with Crippen LogP contribution in [-0.4, -0.2) is 49.7 Å². The summed E-state index contributed by atoms with van der Waals surface area (Å²) in [5.74, 6) is 0.634. The maximum absolute atomic E-state index is 12.4. The van der Waals surface area contributed by atoms with Crippen molar-refractivity contribution in [1.29, 1.82) is 0 Å². The average molecular weight is 334 g/mol. The first-order valence-electron chi connectivity index (χ1n) is 8.51. The Labute approximate surface area is 142 Å². The SMILES string of the molecule is C=CCN1CC[C@H]2OC[C@@H](C(=O)NCCc3cccs3)C[C@H]2C1. The van der Waals surface area contributed by atoms with Gasteiger partial charge in [-0.15, -0.1) is 17.9 Å². The molecule has 0 bridgehead atoms. The van der Waals surface area contributed by atoms with Gasteiger partial charge in [0.2, 0.25) is 5.91 Å². The first-order valence-corrected chi connectivity index (χ1v) is 9.39. The maximum atomic E-state index is 12.4. The summed E-state index contributed by atoms with van der Waals surface area (Å²) in [4.78, 5) is 16.1. The Morgan fingerprint density at radius 1 is 1.57 bits per heavy atom. The van der Waals surface area contributed by atoms with Gasteiger partial charge in [0.25, 0.3) is 0 Å². The number of thiophene rings is 1. The predicted molar refractivity (Wildman–Crippen MR) is 93.6 cm³/mol. The molecule has 2 aliphatic heterocycles. The highest BCUT2D eigenvalue weighted by Crippen LogP contribution is 2.31. The molecule has 126 valence electrons. The van der Waals surface area contributed by atoms with Crippen LogP contribution in [0.1, 0.15) is 17.7 Å². The summed E-state index contributed by atoms with van der Waals surface area (Å²) in [6, 6.07) is 4.16. The van der Waals surface area contributed by atoms with Gasteiger partial charge in [-0.3, -0.25) is 9.69 Å². The molecule has 2 fully saturated rings. The van der Waals surface area contributed by atoms with E-state index in [-0.39, 0.29) is 11.8 Å². The van der Waals surface area contributed by atoms with Crippen LogP contribution in [0, 0.1) is 11.8 Å². The van der Waals surface area contributed by atoms with Gasteiger partial charge in [-0.1, -0.05) is 12.1 Å². The highest BCUT2D eigenvalue weighted by atomic mass is 32.1. The number of nitrogens with one attached hydrogen (secondary N) is 1. The lowest BCUT2D eigenvalue weighted by Crippen LogP contribution is -2.50. The minimum absolute atomic E-state index is 0.00302. The molecule has 2 aliphatic rings. The van der Waals surface area contributed by atoms with Gasteiger partial charge in [0.15, 0.2) is 0 Å². The molecule has 4 nitrogen and oxygen atoms in total. The molecule has 1 N–H and O–H groups in total. The summed E-state index contributed by atoms with van der Waals surface area (Å²) in [7, 11) is 0. The van der Waals surface area contributed by atoms with Crippen molar-refractivity contribution in [3.63, 3.8) is 0 Å². The minimum atomic E-state index is 0.00302. The Balaban J connectivity index is 1.45. The highest BCUT2D eigenvalue weighted by Gasteiger charge is 2.37. The molecule has 0 radical (unpaired) electrons. The lowest BCUT2D eigenvalue weighted by molar-refractivity contribution is -0.138. The van der Waals surface area contributed by atoms with Gasteiger partial charge in [0.05, 0.1) is 18.6 Å². The van der Waals surface area contributed by atoms with Crippen LogP contribution in [-0.2, 0) is 16.0 Å². The summed E-state index contributed by atoms with van der Waals surface area (Å²) in [6.07, 6.45) is 5.23. The van der Waals surface area contributed by atoms with Crippen molar-refractivity contribution in [1.82, 2.24) is 10.2 Å². The summed E-state index contributed by atoms with van der Waals surface area (Å²) in [5.41, 5.74) is 0. The van der Waals surface area contributed by atoms with Gasteiger partial charge < -0.3 is 10.1 Å². The normalized spacial score (nSPS) is 28.1. The van der Waals surface area contributed by atoms with Crippen molar-refractivity contribution in [2.75, 3.05) is 32.8 Å². The van der Waals surface area contributed by atoms with Crippen molar-refractivity contribution in [3.05, 3.63) is 35.0 Å². The quantitative estimate of drug-likeness (QED) is 0.812. The molecule has 5 heteroatoms. The lowest BCUT2D eigenvalue weighted by Gasteiger charge is -2.42. The third-order valence-corrected chi connectivity index (χ3v) is 5.79. The molecule has 3 heterocycles. The van der Waals surface area contributed by atoms with E-state index in [0.29, 0.717) is 25.2 Å². The van der Waals surface area contributed by atoms with E-state index in [1.807, 2.05) is 6.08 Å². The number of likely N-dealkylation sites (tertiary alicyclic amines) is 1. The molecular weight excluding hydrogens is 308 g/mol. The number of carbonyl (C=O) groups is 1. The van der Waals surface area contributed by atoms with Crippen LogP contribution in [0.3, 0.4) is 0 Å². The summed E-state index contributed by atoms with van der Waals surface area (Å²) in [5, 5.41) is 5.15. The topological polar surface area (TPSA) is 41.6 Å². The molecule has 0 saturated carbocycles. The van der Waals surface area contributed by atoms with Gasteiger partial charge >= 0.3 is 0 Å². The number of ether oxygens (including phenoxy) is 1. The number of piperidine rings is 1. The lowest BCUT2D eigenvalue weighted by atomic mass is 9.83. The van der Waals surface area contributed by atoms with E-state index in [2.05, 4.69) is 34.3 Å². The van der Waals surface area contributed by atoms with E-state index >= 15 is 0 Å². The van der Waals surface area contributed by atoms with E-state index in [1.54, 1.807) is 11.3 Å². The van der Waals surface area contributed by atoms with Crippen LogP contribution < -0.4 is 5.32 Å². The van der Waals surface area contributed by atoms with Crippen molar-refractivity contribution in [3.8, 4) is 0 Å². The van der Waals surface area contributed by atoms with Crippen molar-refractivity contribution < 1.29 is 9.53 Å². The largest absolute Gasteiger partial charge is 0.377 e. The van der Waals surface area contributed by atoms with Crippen LogP contribution in [0.15, 0.2) is 30.2 Å². The van der Waals surface area contributed by atoms with Crippen molar-refractivity contribution in [2.24, 2.45) is 11.8 Å². The molecule has 3 atom stereocenters. The summed E-state index contributed by atoms with van der Waals surface area (Å²) >= 11 is 1.74. The van der Waals surface area contributed by atoms with Crippen LogP contribution in [0.2, 0.25) is 0 Å². The van der Waals surface area contributed by atoms with Crippen LogP contribution in [0.4, 0.5) is 0 Å². The summed E-state index contributed by atoms with van der Waals surface area (Å²) < 4.78 is 5.98. The first kappa shape index (κ1) is 16.7. The number of carbonyl (C=O) groups excluding carboxylic acids is 1. The number of nitrogens with zero attached hydrogens (tertiary/aromatic N) is 1. The van der Waals surface area contributed by atoms with Crippen LogP contribution >= 0.6 is 11.3 Å². The molecule has 0 spiro atoms. The number of hydrogen-bond acceptors (Lipinski definition) is 4. The number of rotatable bonds is 6. The zero-order chi connectivity index (χ0) is 16.1. The molecule has 1 aromatic rings. The number of hydrogen-bond donors (Lipinski definition) is 1. The highest BCUT2D eigenvalue weighted by molar-refractivity contribution is 7.09. The van der Waals surface area contributed by atoms with E-state index in [4.69, 9.17) is 4.74 Å². The molecule has 2 saturated heterocycles. The van der Waals surface area contributed by atoms with Gasteiger partial charge in [-0.05, 0) is 36.6 Å². The molecule has 0 unspecified atom stereocenters. The molecule has 1 aromatic heterocycles. The van der Waals surface area contributed by atoms with Crippen LogP contribution in [0.25, 0.3) is 0 Å². The molecule has 0 aliphatic carbocycles. The van der Waals surface area contributed by atoms with Crippen LogP contribution in [0.5, 0.6) is 0 Å². The van der Waals surface area contributed by atoms with E-state index < -0.39 is 0 Å². The van der Waals surface area contributed by atoms with Crippen molar-refractivity contribution >= 4 is 17.2 Å². The fourth-order valence-electron chi connectivity index (χ4n) is 3.64. The van der Waals surface area contributed by atoms with E-state index in [1.165, 1.54) is 4.88 Å². The first-order chi connectivity index (χ1) is 11.3. The smallest absolute Gasteiger partial charge is 0.225 e. The van der Waals surface area contributed by atoms with Gasteiger partial charge in [-0.2, -0.15) is 0 Å². The van der Waals surface area contributed by atoms with Crippen molar-refractivity contribution in [2.45, 2.75) is 25.4 Å². The third kappa shape index (κ3) is 4.43. The van der Waals surface area contributed by atoms with Gasteiger partial charge in [0, 0.05) is 31.1 Å². The third-order valence-electron chi connectivity index (χ3n) is 4.86. The molecule has 23 heavy (non-hydrogen) atoms. The summed E-state index contributed by atoms with van der Waals surface area (Å²) in [6.45, 7) is 8.14. The monoisotopic (exact) mass is 334 g/mol. The van der Waals surface area contributed by atoms with E-state index in [9.17, 15) is 4.79 Å². The fourth-order valence-corrected chi connectivity index (χ4v) is 4.35. The fraction of sp³-hybridized carbons (Fsp3) is 0.611. The number of amides is 1. The molecule has 3 rings (SSSR count). The Morgan fingerprint density at radius 3 is 3.26 bits per heavy atom. The van der Waals surface area contributed by atoms with Gasteiger partial charge in [-0.25, -0.2) is 0 Å². The predicted octanol–water partition coefficient (Wildman–Crippen LogP) is 2.32. The Hall–Kier alpha value is -1.17. The minimum Gasteiger partial charge on any atom is -0.377 e. The van der Waals surface area contributed by atoms with Gasteiger partial charge in [0.1, 0.15) is 0 Å². The zero-order valence-corrected chi connectivity index (χ0v) is 14.4. The molecule has 0 aromatic carbocycles. The molecular formula is C18H26N2O2S. The maximum Gasteiger partial charge on any atom is 0.225 e. The second-order valence-electron chi connectivity index (χ2n) is 6.52. The second-order valence-corrected chi connectivity index (χ2v) is 7.55. The second kappa shape index (κ2) is 8.08. The van der Waals surface area contributed by atoms with E-state index in [0.717, 1.165) is 38.9 Å². The Morgan fingerprint density at radius 2 is 2.48 bits per heavy atom.